The molecule has 0 bridgehead atoms. The maximum Gasteiger partial charge on any atom is 0.373 e. The van der Waals surface area contributed by atoms with Crippen molar-refractivity contribution in [2.24, 2.45) is 0 Å². The average molecular weight is 565 g/mol. The van der Waals surface area contributed by atoms with Crippen LogP contribution in [0.25, 0.3) is 6.08 Å². The first kappa shape index (κ1) is 28.2. The normalized spacial score (nSPS) is 13.9. The molecule has 0 aliphatic carbocycles. The van der Waals surface area contributed by atoms with Gasteiger partial charge >= 0.3 is 5.97 Å². The van der Waals surface area contributed by atoms with Crippen LogP contribution in [0.15, 0.2) is 70.5 Å². The number of ether oxygens (including phenoxy) is 3. The van der Waals surface area contributed by atoms with Gasteiger partial charge in [0, 0.05) is 17.7 Å². The molecule has 0 atom stereocenters. The van der Waals surface area contributed by atoms with Crippen LogP contribution in [0.3, 0.4) is 0 Å². The lowest BCUT2D eigenvalue weighted by Crippen LogP contribution is -2.27. The minimum Gasteiger partial charge on any atom is -0.493 e. The molecule has 2 amide bonds. The van der Waals surface area contributed by atoms with Crippen molar-refractivity contribution in [3.8, 4) is 11.5 Å². The van der Waals surface area contributed by atoms with Crippen LogP contribution in [0.1, 0.15) is 33.0 Å². The van der Waals surface area contributed by atoms with Crippen LogP contribution < -0.4 is 9.47 Å². The monoisotopic (exact) mass is 564 g/mol. The Kier molecular flexibility index (Phi) is 8.70. The number of nitro benzene ring substituents is 1. The Bertz CT molecular complexity index is 1510. The molecule has 40 heavy (non-hydrogen) atoms. The number of benzene rings is 2. The second-order valence-corrected chi connectivity index (χ2v) is 9.44. The molecule has 11 nitrogen and oxygen atoms in total. The maximum atomic E-state index is 13.0. The number of thioether (sulfide) groups is 1. The van der Waals surface area contributed by atoms with E-state index in [1.807, 2.05) is 0 Å². The lowest BCUT2D eigenvalue weighted by atomic mass is 10.0. The van der Waals surface area contributed by atoms with Crippen molar-refractivity contribution in [3.63, 3.8) is 0 Å². The molecule has 1 aliphatic rings. The Morgan fingerprint density at radius 2 is 1.90 bits per heavy atom. The summed E-state index contributed by atoms with van der Waals surface area (Å²) in [6, 6.07) is 12.4. The van der Waals surface area contributed by atoms with Crippen LogP contribution in [0.5, 0.6) is 11.5 Å². The van der Waals surface area contributed by atoms with E-state index in [9.17, 15) is 24.5 Å². The fourth-order valence-electron chi connectivity index (χ4n) is 3.88. The van der Waals surface area contributed by atoms with Gasteiger partial charge in [-0.15, -0.1) is 6.58 Å². The molecule has 0 spiro atoms. The van der Waals surface area contributed by atoms with Crippen molar-refractivity contribution < 1.29 is 37.9 Å². The molecule has 3 aromatic rings. The molecule has 2 aromatic carbocycles. The van der Waals surface area contributed by atoms with Gasteiger partial charge in [0.25, 0.3) is 16.8 Å². The number of amides is 2. The Hall–Kier alpha value is -4.84. The van der Waals surface area contributed by atoms with Crippen LogP contribution in [0.4, 0.5) is 10.5 Å². The fourth-order valence-corrected chi connectivity index (χ4v) is 4.71. The van der Waals surface area contributed by atoms with Gasteiger partial charge in [-0.25, -0.2) is 4.79 Å². The van der Waals surface area contributed by atoms with E-state index >= 15 is 0 Å². The van der Waals surface area contributed by atoms with Gasteiger partial charge in [0.15, 0.2) is 11.5 Å². The topological polar surface area (TPSA) is 138 Å². The second kappa shape index (κ2) is 12.3. The molecule has 2 heterocycles. The van der Waals surface area contributed by atoms with Crippen LogP contribution in [-0.4, -0.2) is 41.2 Å². The molecule has 12 heteroatoms. The number of carbonyl (C=O) groups excluding carboxylic acids is 3. The van der Waals surface area contributed by atoms with Crippen molar-refractivity contribution in [2.45, 2.75) is 19.6 Å². The summed E-state index contributed by atoms with van der Waals surface area (Å²) in [5.74, 6) is -0.0764. The molecule has 206 valence electrons. The summed E-state index contributed by atoms with van der Waals surface area (Å²) >= 11 is 0.786. The molecule has 0 unspecified atom stereocenters. The lowest BCUT2D eigenvalue weighted by Gasteiger charge is -2.16. The number of hydrogen-bond donors (Lipinski definition) is 0. The molecule has 0 saturated carbocycles. The minimum atomic E-state index is -0.662. The first-order chi connectivity index (χ1) is 19.2. The van der Waals surface area contributed by atoms with Crippen molar-refractivity contribution in [1.82, 2.24) is 4.90 Å². The molecule has 1 fully saturated rings. The number of furan rings is 1. The molecule has 4 rings (SSSR count). The second-order valence-electron chi connectivity index (χ2n) is 8.44. The Morgan fingerprint density at radius 3 is 2.55 bits per heavy atom. The van der Waals surface area contributed by atoms with Gasteiger partial charge in [-0.1, -0.05) is 6.08 Å². The number of esters is 1. The number of methoxy groups -OCH3 is 2. The van der Waals surface area contributed by atoms with Crippen LogP contribution in [0.2, 0.25) is 0 Å². The molecule has 1 aromatic heterocycles. The summed E-state index contributed by atoms with van der Waals surface area (Å²) in [5.41, 5.74) is 2.04. The minimum absolute atomic E-state index is 0.0162. The van der Waals surface area contributed by atoms with Gasteiger partial charge in [0.2, 0.25) is 5.76 Å². The highest BCUT2D eigenvalue weighted by Crippen LogP contribution is 2.38. The highest BCUT2D eigenvalue weighted by atomic mass is 32.2. The molecular formula is C28H24N2O9S. The standard InChI is InChI=1S/C28H24N2O9S/c1-4-5-19-12-18(13-23(36-2)25(19)38-16-17-6-8-20(9-7-17)30(34)35)14-24-26(31)29(28(33)40-24)15-21-10-11-22(39-21)27(32)37-3/h4,6-14H,1,5,15-16H2,2-3H3/b24-14+. The van der Waals surface area contributed by atoms with Crippen LogP contribution >= 0.6 is 11.8 Å². The number of imide groups is 1. The molecule has 1 aliphatic heterocycles. The van der Waals surface area contributed by atoms with E-state index in [4.69, 9.17) is 13.9 Å². The average Bonchev–Trinajstić information content (AvgIpc) is 3.52. The molecule has 1 saturated heterocycles. The number of nitro groups is 1. The fraction of sp³-hybridized carbons (Fsp3) is 0.179. The largest absolute Gasteiger partial charge is 0.493 e. The highest BCUT2D eigenvalue weighted by Gasteiger charge is 2.36. The number of hydrogen-bond acceptors (Lipinski definition) is 10. The number of carbonyl (C=O) groups is 3. The number of allylic oxidation sites excluding steroid dienone is 1. The maximum absolute atomic E-state index is 13.0. The van der Waals surface area contributed by atoms with E-state index in [-0.39, 0.29) is 35.3 Å². The number of nitrogens with zero attached hydrogens (tertiary/aromatic N) is 2. The zero-order valence-corrected chi connectivity index (χ0v) is 22.4. The van der Waals surface area contributed by atoms with E-state index in [2.05, 4.69) is 11.3 Å². The van der Waals surface area contributed by atoms with Crippen molar-refractivity contribution in [1.29, 1.82) is 0 Å². The van der Waals surface area contributed by atoms with Crippen LogP contribution in [-0.2, 0) is 29.1 Å². The third-order valence-corrected chi connectivity index (χ3v) is 6.71. The smallest absolute Gasteiger partial charge is 0.373 e. The van der Waals surface area contributed by atoms with Crippen molar-refractivity contribution in [2.75, 3.05) is 14.2 Å². The zero-order chi connectivity index (χ0) is 28.8. The van der Waals surface area contributed by atoms with Gasteiger partial charge in [-0.2, -0.15) is 0 Å². The van der Waals surface area contributed by atoms with E-state index in [1.54, 1.807) is 36.4 Å². The summed E-state index contributed by atoms with van der Waals surface area (Å²) in [4.78, 5) is 48.9. The number of rotatable bonds is 11. The Balaban J connectivity index is 1.55. The SMILES string of the molecule is C=CCc1cc(/C=C2/SC(=O)N(Cc3ccc(C(=O)OC)o3)C2=O)cc(OC)c1OCc1ccc([N+](=O)[O-])cc1. The van der Waals surface area contributed by atoms with Gasteiger partial charge in [0.1, 0.15) is 12.4 Å². The quantitative estimate of drug-likeness (QED) is 0.0961. The zero-order valence-electron chi connectivity index (χ0n) is 21.6. The first-order valence-electron chi connectivity index (χ1n) is 11.8. The molecule has 0 N–H and O–H groups in total. The van der Waals surface area contributed by atoms with E-state index < -0.39 is 22.0 Å². The summed E-state index contributed by atoms with van der Waals surface area (Å²) in [6.07, 6.45) is 3.70. The van der Waals surface area contributed by atoms with Gasteiger partial charge in [-0.3, -0.25) is 24.6 Å². The van der Waals surface area contributed by atoms with Gasteiger partial charge < -0.3 is 18.6 Å². The molecule has 0 radical (unpaired) electrons. The lowest BCUT2D eigenvalue weighted by molar-refractivity contribution is -0.384. The third-order valence-electron chi connectivity index (χ3n) is 5.80. The predicted octanol–water partition coefficient (Wildman–Crippen LogP) is 5.53. The summed E-state index contributed by atoms with van der Waals surface area (Å²) in [6.45, 7) is 3.80. The summed E-state index contributed by atoms with van der Waals surface area (Å²) < 4.78 is 21.6. The first-order valence-corrected chi connectivity index (χ1v) is 12.7. The van der Waals surface area contributed by atoms with Crippen molar-refractivity contribution in [3.05, 3.63) is 104 Å². The van der Waals surface area contributed by atoms with Crippen molar-refractivity contribution >= 4 is 40.6 Å². The van der Waals surface area contributed by atoms with Gasteiger partial charge in [-0.05, 0) is 71.8 Å². The van der Waals surface area contributed by atoms with E-state index in [0.29, 0.717) is 23.5 Å². The predicted molar refractivity (Wildman–Crippen MR) is 146 cm³/mol. The Morgan fingerprint density at radius 1 is 1.15 bits per heavy atom. The summed E-state index contributed by atoms with van der Waals surface area (Å²) in [5, 5.41) is 10.4. The molecular weight excluding hydrogens is 540 g/mol. The summed E-state index contributed by atoms with van der Waals surface area (Å²) in [7, 11) is 2.70. The highest BCUT2D eigenvalue weighted by molar-refractivity contribution is 8.18. The Labute approximate surface area is 233 Å². The van der Waals surface area contributed by atoms with E-state index in [0.717, 1.165) is 27.8 Å². The van der Waals surface area contributed by atoms with E-state index in [1.165, 1.54) is 38.5 Å². The third kappa shape index (κ3) is 6.24. The van der Waals surface area contributed by atoms with Gasteiger partial charge in [0.05, 0.1) is 30.6 Å². The number of non-ortho nitro benzene ring substituents is 1. The van der Waals surface area contributed by atoms with Crippen LogP contribution in [0, 0.1) is 10.1 Å².